The van der Waals surface area contributed by atoms with Crippen molar-refractivity contribution in [3.63, 3.8) is 0 Å². The van der Waals surface area contributed by atoms with E-state index in [0.717, 1.165) is 12.1 Å². The van der Waals surface area contributed by atoms with E-state index >= 15 is 0 Å². The summed E-state index contributed by atoms with van der Waals surface area (Å²) >= 11 is 0. The van der Waals surface area contributed by atoms with Gasteiger partial charge in [-0.15, -0.1) is 0 Å². The Morgan fingerprint density at radius 2 is 2.00 bits per heavy atom. The number of halogens is 2. The third-order valence-corrected chi connectivity index (χ3v) is 2.50. The molecule has 2 heterocycles. The summed E-state index contributed by atoms with van der Waals surface area (Å²) in [6.07, 6.45) is 1.42. The quantitative estimate of drug-likeness (QED) is 0.719. The molecule has 0 fully saturated rings. The van der Waals surface area contributed by atoms with Crippen molar-refractivity contribution in [3.05, 3.63) is 52.5 Å². The summed E-state index contributed by atoms with van der Waals surface area (Å²) < 4.78 is 31.2. The van der Waals surface area contributed by atoms with Crippen LogP contribution in [-0.2, 0) is 0 Å². The second kappa shape index (κ2) is 3.76. The van der Waals surface area contributed by atoms with Crippen LogP contribution in [-0.4, -0.2) is 9.97 Å². The predicted octanol–water partition coefficient (Wildman–Crippen LogP) is 2.46. The zero-order valence-electron chi connectivity index (χ0n) is 8.91. The molecule has 3 rings (SSSR count). The number of hydrogen-bond donors (Lipinski definition) is 1. The van der Waals surface area contributed by atoms with Crippen LogP contribution in [0, 0.1) is 11.6 Å². The van der Waals surface area contributed by atoms with Gasteiger partial charge in [0, 0.05) is 6.07 Å². The van der Waals surface area contributed by atoms with Crippen LogP contribution in [0.3, 0.4) is 0 Å². The lowest BCUT2D eigenvalue weighted by Crippen LogP contribution is -2.10. The first kappa shape index (κ1) is 10.6. The summed E-state index contributed by atoms with van der Waals surface area (Å²) in [5.41, 5.74) is -0.477. The molecular weight excluding hydrogens is 242 g/mol. The lowest BCUT2D eigenvalue weighted by Gasteiger charge is -2.01. The summed E-state index contributed by atoms with van der Waals surface area (Å²) in [6, 6.07) is 4.93. The number of H-pyrrole nitrogens is 1. The molecule has 0 bridgehead atoms. The van der Waals surface area contributed by atoms with E-state index < -0.39 is 17.2 Å². The van der Waals surface area contributed by atoms with E-state index in [2.05, 4.69) is 9.97 Å². The minimum atomic E-state index is -1.08. The maximum atomic E-state index is 13.1. The van der Waals surface area contributed by atoms with Crippen molar-refractivity contribution in [2.75, 3.05) is 0 Å². The highest BCUT2D eigenvalue weighted by molar-refractivity contribution is 5.79. The van der Waals surface area contributed by atoms with Gasteiger partial charge in [-0.1, -0.05) is 0 Å². The highest BCUT2D eigenvalue weighted by Crippen LogP contribution is 2.18. The van der Waals surface area contributed by atoms with Crippen LogP contribution in [0.5, 0.6) is 0 Å². The average Bonchev–Trinajstić information content (AvgIpc) is 2.85. The second-order valence-corrected chi connectivity index (χ2v) is 3.68. The number of fused-ring (bicyclic) bond motifs is 1. The maximum Gasteiger partial charge on any atom is 0.259 e. The van der Waals surface area contributed by atoms with Crippen LogP contribution in [0.1, 0.15) is 0 Å². The van der Waals surface area contributed by atoms with E-state index in [1.165, 1.54) is 6.26 Å². The van der Waals surface area contributed by atoms with E-state index in [4.69, 9.17) is 4.42 Å². The van der Waals surface area contributed by atoms with Gasteiger partial charge in [0.15, 0.2) is 23.2 Å². The fourth-order valence-corrected chi connectivity index (χ4v) is 1.66. The molecular formula is C12H6F2N2O2. The largest absolute Gasteiger partial charge is 0.461 e. The lowest BCUT2D eigenvalue weighted by molar-refractivity contribution is 0.510. The fraction of sp³-hybridized carbons (Fsp3) is 0. The van der Waals surface area contributed by atoms with Crippen LogP contribution in [0.4, 0.5) is 8.78 Å². The van der Waals surface area contributed by atoms with Crippen molar-refractivity contribution in [2.45, 2.75) is 0 Å². The van der Waals surface area contributed by atoms with E-state index in [1.54, 1.807) is 12.1 Å². The van der Waals surface area contributed by atoms with Crippen LogP contribution < -0.4 is 5.56 Å². The normalized spacial score (nSPS) is 11.0. The number of furan rings is 1. The summed E-state index contributed by atoms with van der Waals surface area (Å²) in [5, 5.41) is -0.00999. The molecule has 0 amide bonds. The molecule has 0 aliphatic carbocycles. The Labute approximate surface area is 98.9 Å². The molecule has 0 saturated carbocycles. The van der Waals surface area contributed by atoms with Gasteiger partial charge in [-0.25, -0.2) is 13.8 Å². The monoisotopic (exact) mass is 248 g/mol. The second-order valence-electron chi connectivity index (χ2n) is 3.68. The van der Waals surface area contributed by atoms with Gasteiger partial charge < -0.3 is 9.40 Å². The number of aromatic amines is 1. The number of nitrogens with zero attached hydrogens (tertiary/aromatic N) is 1. The molecule has 3 aromatic rings. The van der Waals surface area contributed by atoms with Crippen molar-refractivity contribution in [1.29, 1.82) is 0 Å². The molecule has 0 radical (unpaired) electrons. The SMILES string of the molecule is O=c1[nH]c(-c2ccco2)nc2cc(F)c(F)cc12. The fourth-order valence-electron chi connectivity index (χ4n) is 1.66. The Morgan fingerprint density at radius 3 is 2.72 bits per heavy atom. The first-order valence-electron chi connectivity index (χ1n) is 5.08. The van der Waals surface area contributed by atoms with Gasteiger partial charge in [-0.05, 0) is 18.2 Å². The number of hydrogen-bond acceptors (Lipinski definition) is 3. The van der Waals surface area contributed by atoms with Gasteiger partial charge in [0.2, 0.25) is 0 Å². The maximum absolute atomic E-state index is 13.1. The number of rotatable bonds is 1. The van der Waals surface area contributed by atoms with E-state index in [9.17, 15) is 13.6 Å². The molecule has 2 aromatic heterocycles. The highest BCUT2D eigenvalue weighted by atomic mass is 19.2. The Balaban J connectivity index is 2.34. The molecule has 0 aliphatic heterocycles. The Morgan fingerprint density at radius 1 is 1.22 bits per heavy atom. The molecule has 4 nitrogen and oxygen atoms in total. The zero-order chi connectivity index (χ0) is 12.7. The van der Waals surface area contributed by atoms with Gasteiger partial charge >= 0.3 is 0 Å². The van der Waals surface area contributed by atoms with Crippen LogP contribution >= 0.6 is 0 Å². The molecule has 6 heteroatoms. The summed E-state index contributed by atoms with van der Waals surface area (Å²) in [6.45, 7) is 0. The van der Waals surface area contributed by atoms with Crippen molar-refractivity contribution < 1.29 is 13.2 Å². The predicted molar refractivity (Wildman–Crippen MR) is 60.0 cm³/mol. The Hall–Kier alpha value is -2.50. The average molecular weight is 248 g/mol. The van der Waals surface area contributed by atoms with Gasteiger partial charge in [0.05, 0.1) is 17.2 Å². The van der Waals surface area contributed by atoms with Gasteiger partial charge in [-0.3, -0.25) is 4.79 Å². The van der Waals surface area contributed by atoms with Crippen LogP contribution in [0.2, 0.25) is 0 Å². The van der Waals surface area contributed by atoms with Crippen molar-refractivity contribution >= 4 is 10.9 Å². The number of benzene rings is 1. The minimum Gasteiger partial charge on any atom is -0.461 e. The first-order valence-corrected chi connectivity index (χ1v) is 5.08. The molecule has 0 unspecified atom stereocenters. The van der Waals surface area contributed by atoms with Gasteiger partial charge in [0.25, 0.3) is 5.56 Å². The summed E-state index contributed by atoms with van der Waals surface area (Å²) in [7, 11) is 0. The van der Waals surface area contributed by atoms with Crippen molar-refractivity contribution in [3.8, 4) is 11.6 Å². The molecule has 0 saturated heterocycles. The molecule has 0 spiro atoms. The molecule has 18 heavy (non-hydrogen) atoms. The topological polar surface area (TPSA) is 58.9 Å². The van der Waals surface area contributed by atoms with Crippen molar-refractivity contribution in [2.24, 2.45) is 0 Å². The molecule has 1 aromatic carbocycles. The molecule has 0 atom stereocenters. The van der Waals surface area contributed by atoms with E-state index in [-0.39, 0.29) is 16.7 Å². The third kappa shape index (κ3) is 1.58. The van der Waals surface area contributed by atoms with E-state index in [1.807, 2.05) is 0 Å². The van der Waals surface area contributed by atoms with Gasteiger partial charge in [0.1, 0.15) is 0 Å². The summed E-state index contributed by atoms with van der Waals surface area (Å²) in [5.74, 6) is -1.62. The smallest absolute Gasteiger partial charge is 0.259 e. The third-order valence-electron chi connectivity index (χ3n) is 2.50. The minimum absolute atomic E-state index is 0.00999. The highest BCUT2D eigenvalue weighted by Gasteiger charge is 2.11. The molecule has 1 N–H and O–H groups in total. The standard InChI is InChI=1S/C12H6F2N2O2/c13-7-4-6-9(5-8(7)14)15-11(16-12(6)17)10-2-1-3-18-10/h1-5H,(H,15,16,17). The lowest BCUT2D eigenvalue weighted by atomic mass is 10.2. The van der Waals surface area contributed by atoms with Crippen molar-refractivity contribution in [1.82, 2.24) is 9.97 Å². The summed E-state index contributed by atoms with van der Waals surface area (Å²) in [4.78, 5) is 18.2. The molecule has 0 aliphatic rings. The van der Waals surface area contributed by atoms with Crippen LogP contribution in [0.15, 0.2) is 39.7 Å². The number of aromatic nitrogens is 2. The van der Waals surface area contributed by atoms with E-state index in [0.29, 0.717) is 5.76 Å². The van der Waals surface area contributed by atoms with Gasteiger partial charge in [-0.2, -0.15) is 0 Å². The zero-order valence-corrected chi connectivity index (χ0v) is 8.91. The Bertz CT molecular complexity index is 779. The van der Waals surface area contributed by atoms with Crippen LogP contribution in [0.25, 0.3) is 22.5 Å². The molecule has 90 valence electrons. The first-order chi connectivity index (χ1) is 8.65. The number of nitrogens with one attached hydrogen (secondary N) is 1. The Kier molecular flexibility index (Phi) is 2.22.